The van der Waals surface area contributed by atoms with E-state index in [4.69, 9.17) is 5.73 Å². The molecule has 3 N–H and O–H groups in total. The Labute approximate surface area is 137 Å². The summed E-state index contributed by atoms with van der Waals surface area (Å²) >= 11 is 5.41. The van der Waals surface area contributed by atoms with Crippen LogP contribution in [0.15, 0.2) is 18.2 Å². The van der Waals surface area contributed by atoms with Gasteiger partial charge in [0.25, 0.3) is 5.91 Å². The minimum Gasteiger partial charge on any atom is -0.397 e. The first-order chi connectivity index (χ1) is 10.2. The highest BCUT2D eigenvalue weighted by atomic mass is 32.2. The molecule has 1 amide bonds. The molecule has 1 aliphatic rings. The number of carbonyl (C=O) groups is 1. The molecule has 2 aromatic rings. The summed E-state index contributed by atoms with van der Waals surface area (Å²) in [6.07, 6.45) is 0. The Morgan fingerprint density at radius 1 is 1.43 bits per heavy atom. The van der Waals surface area contributed by atoms with E-state index in [9.17, 15) is 4.79 Å². The van der Waals surface area contributed by atoms with E-state index in [1.54, 1.807) is 0 Å². The molecule has 2 heterocycles. The SMILES string of the molecule is Cc1cccc2c(N)c(C(=O)NCC3CSCCS3)sc12. The average Bonchev–Trinajstić information content (AvgIpc) is 2.85. The lowest BCUT2D eigenvalue weighted by Crippen LogP contribution is -2.33. The first-order valence-electron chi connectivity index (χ1n) is 6.92. The van der Waals surface area contributed by atoms with Crippen molar-refractivity contribution in [3.63, 3.8) is 0 Å². The zero-order valence-corrected chi connectivity index (χ0v) is 14.3. The lowest BCUT2D eigenvalue weighted by atomic mass is 10.1. The molecule has 0 radical (unpaired) electrons. The van der Waals surface area contributed by atoms with Gasteiger partial charge in [0.05, 0.1) is 5.69 Å². The van der Waals surface area contributed by atoms with Crippen LogP contribution in [0.5, 0.6) is 0 Å². The molecule has 0 saturated carbocycles. The number of carbonyl (C=O) groups excluding carboxylic acids is 1. The summed E-state index contributed by atoms with van der Waals surface area (Å²) in [5.74, 6) is 3.48. The van der Waals surface area contributed by atoms with Crippen molar-refractivity contribution in [2.24, 2.45) is 0 Å². The van der Waals surface area contributed by atoms with Gasteiger partial charge in [0.15, 0.2) is 0 Å². The van der Waals surface area contributed by atoms with Crippen molar-refractivity contribution in [3.05, 3.63) is 28.6 Å². The molecule has 0 aliphatic carbocycles. The summed E-state index contributed by atoms with van der Waals surface area (Å²) in [6.45, 7) is 2.78. The zero-order chi connectivity index (χ0) is 14.8. The third-order valence-corrected chi connectivity index (χ3v) is 7.73. The number of fused-ring (bicyclic) bond motifs is 1. The summed E-state index contributed by atoms with van der Waals surface area (Å²) in [6, 6.07) is 6.02. The van der Waals surface area contributed by atoms with Crippen molar-refractivity contribution < 1.29 is 4.79 Å². The van der Waals surface area contributed by atoms with Gasteiger partial charge < -0.3 is 11.1 Å². The molecule has 112 valence electrons. The van der Waals surface area contributed by atoms with Crippen LogP contribution in [0.2, 0.25) is 0 Å². The van der Waals surface area contributed by atoms with Gasteiger partial charge in [-0.05, 0) is 12.5 Å². The van der Waals surface area contributed by atoms with Crippen LogP contribution in [0.4, 0.5) is 5.69 Å². The largest absolute Gasteiger partial charge is 0.397 e. The maximum absolute atomic E-state index is 12.4. The van der Waals surface area contributed by atoms with Gasteiger partial charge in [0.2, 0.25) is 0 Å². The fourth-order valence-electron chi connectivity index (χ4n) is 2.39. The monoisotopic (exact) mass is 338 g/mol. The van der Waals surface area contributed by atoms with Crippen molar-refractivity contribution >= 4 is 56.5 Å². The first kappa shape index (κ1) is 15.1. The molecule has 1 fully saturated rings. The number of hydrogen-bond donors (Lipinski definition) is 2. The molecule has 6 heteroatoms. The molecule has 1 atom stereocenters. The number of nitrogen functional groups attached to an aromatic ring is 1. The fourth-order valence-corrected chi connectivity index (χ4v) is 6.11. The Morgan fingerprint density at radius 3 is 3.00 bits per heavy atom. The van der Waals surface area contributed by atoms with Crippen LogP contribution in [-0.2, 0) is 0 Å². The minimum absolute atomic E-state index is 0.0377. The van der Waals surface area contributed by atoms with Crippen LogP contribution in [-0.4, -0.2) is 35.0 Å². The van der Waals surface area contributed by atoms with Crippen LogP contribution in [0.1, 0.15) is 15.2 Å². The van der Waals surface area contributed by atoms with E-state index < -0.39 is 0 Å². The van der Waals surface area contributed by atoms with Crippen LogP contribution >= 0.6 is 34.9 Å². The second-order valence-corrected chi connectivity index (χ2v) is 8.65. The minimum atomic E-state index is -0.0377. The molecule has 21 heavy (non-hydrogen) atoms. The lowest BCUT2D eigenvalue weighted by Gasteiger charge is -2.20. The Hall–Kier alpha value is -0.850. The number of thioether (sulfide) groups is 2. The number of nitrogens with two attached hydrogens (primary N) is 1. The van der Waals surface area contributed by atoms with Gasteiger partial charge in [-0.2, -0.15) is 23.5 Å². The molecule has 3 rings (SSSR count). The molecule has 0 bridgehead atoms. The van der Waals surface area contributed by atoms with E-state index in [0.717, 1.165) is 22.4 Å². The predicted octanol–water partition coefficient (Wildman–Crippen LogP) is 3.37. The van der Waals surface area contributed by atoms with Crippen molar-refractivity contribution in [2.45, 2.75) is 12.2 Å². The number of anilines is 1. The maximum atomic E-state index is 12.4. The third-order valence-electron chi connectivity index (χ3n) is 3.53. The van der Waals surface area contributed by atoms with Crippen LogP contribution in [0, 0.1) is 6.92 Å². The maximum Gasteiger partial charge on any atom is 0.263 e. The highest BCUT2D eigenvalue weighted by Crippen LogP contribution is 2.35. The molecular weight excluding hydrogens is 320 g/mol. The van der Waals surface area contributed by atoms with Crippen molar-refractivity contribution in [1.29, 1.82) is 0 Å². The fraction of sp³-hybridized carbons (Fsp3) is 0.400. The number of nitrogens with one attached hydrogen (secondary N) is 1. The number of benzene rings is 1. The summed E-state index contributed by atoms with van der Waals surface area (Å²) < 4.78 is 1.11. The van der Waals surface area contributed by atoms with Crippen molar-refractivity contribution in [1.82, 2.24) is 5.32 Å². The van der Waals surface area contributed by atoms with E-state index >= 15 is 0 Å². The van der Waals surface area contributed by atoms with E-state index in [2.05, 4.69) is 18.3 Å². The zero-order valence-electron chi connectivity index (χ0n) is 11.8. The highest BCUT2D eigenvalue weighted by molar-refractivity contribution is 8.06. The van der Waals surface area contributed by atoms with Crippen LogP contribution in [0.3, 0.4) is 0 Å². The van der Waals surface area contributed by atoms with E-state index in [1.165, 1.54) is 28.4 Å². The third kappa shape index (κ3) is 3.17. The van der Waals surface area contributed by atoms with Gasteiger partial charge in [-0.3, -0.25) is 4.79 Å². The molecule has 1 saturated heterocycles. The average molecular weight is 339 g/mol. The van der Waals surface area contributed by atoms with Crippen molar-refractivity contribution in [2.75, 3.05) is 29.5 Å². The van der Waals surface area contributed by atoms with Crippen LogP contribution < -0.4 is 11.1 Å². The smallest absolute Gasteiger partial charge is 0.263 e. The number of hydrogen-bond acceptors (Lipinski definition) is 5. The van der Waals surface area contributed by atoms with Crippen LogP contribution in [0.25, 0.3) is 10.1 Å². The van der Waals surface area contributed by atoms with Gasteiger partial charge in [0.1, 0.15) is 4.88 Å². The Morgan fingerprint density at radius 2 is 2.29 bits per heavy atom. The van der Waals surface area contributed by atoms with Gasteiger partial charge >= 0.3 is 0 Å². The highest BCUT2D eigenvalue weighted by Gasteiger charge is 2.19. The van der Waals surface area contributed by atoms with E-state index in [0.29, 0.717) is 15.8 Å². The van der Waals surface area contributed by atoms with E-state index in [1.807, 2.05) is 35.7 Å². The van der Waals surface area contributed by atoms with Crippen molar-refractivity contribution in [3.8, 4) is 0 Å². The van der Waals surface area contributed by atoms with Gasteiger partial charge in [-0.25, -0.2) is 0 Å². The number of amides is 1. The lowest BCUT2D eigenvalue weighted by molar-refractivity contribution is 0.0959. The summed E-state index contributed by atoms with van der Waals surface area (Å²) in [5.41, 5.74) is 7.94. The second-order valence-electron chi connectivity index (χ2n) is 5.07. The molecule has 1 aromatic carbocycles. The molecule has 3 nitrogen and oxygen atoms in total. The molecular formula is C15H18N2OS3. The Bertz CT molecular complexity index is 662. The second kappa shape index (κ2) is 6.50. The molecule has 1 aliphatic heterocycles. The van der Waals surface area contributed by atoms with E-state index in [-0.39, 0.29) is 5.91 Å². The van der Waals surface area contributed by atoms with Gasteiger partial charge in [-0.15, -0.1) is 11.3 Å². The molecule has 0 spiro atoms. The standard InChI is InChI=1S/C15H18N2OS3/c1-9-3-2-4-11-12(16)14(21-13(9)11)15(18)17-7-10-8-19-5-6-20-10/h2-4,10H,5-8,16H2,1H3,(H,17,18). The molecule has 1 unspecified atom stereocenters. The summed E-state index contributed by atoms with van der Waals surface area (Å²) in [7, 11) is 0. The topological polar surface area (TPSA) is 55.1 Å². The number of aryl methyl sites for hydroxylation is 1. The summed E-state index contributed by atoms with van der Waals surface area (Å²) in [5, 5.41) is 4.56. The quantitative estimate of drug-likeness (QED) is 0.901. The number of thiophene rings is 1. The summed E-state index contributed by atoms with van der Waals surface area (Å²) in [4.78, 5) is 13.0. The van der Waals surface area contributed by atoms with Gasteiger partial charge in [-0.1, -0.05) is 18.2 Å². The Kier molecular flexibility index (Phi) is 4.66. The Balaban J connectivity index is 1.75. The van der Waals surface area contributed by atoms with Gasteiger partial charge in [0, 0.05) is 39.1 Å². The normalized spacial score (nSPS) is 18.8. The first-order valence-corrected chi connectivity index (χ1v) is 9.94. The predicted molar refractivity (Wildman–Crippen MR) is 96.9 cm³/mol. The number of rotatable bonds is 3. The molecule has 1 aromatic heterocycles.